The first kappa shape index (κ1) is 25.1. The summed E-state index contributed by atoms with van der Waals surface area (Å²) in [5, 5.41) is 14.1. The summed E-state index contributed by atoms with van der Waals surface area (Å²) in [6.07, 6.45) is 6.01. The highest BCUT2D eigenvalue weighted by molar-refractivity contribution is 5.82. The quantitative estimate of drug-likeness (QED) is 0.278. The van der Waals surface area contributed by atoms with Gasteiger partial charge in [-0.25, -0.2) is 4.68 Å². The van der Waals surface area contributed by atoms with Gasteiger partial charge in [0, 0.05) is 12.1 Å². The summed E-state index contributed by atoms with van der Waals surface area (Å²) in [7, 11) is 1.66. The molecular weight excluding hydrogens is 492 g/mol. The van der Waals surface area contributed by atoms with Crippen molar-refractivity contribution in [2.24, 2.45) is 0 Å². The van der Waals surface area contributed by atoms with Gasteiger partial charge in [-0.3, -0.25) is 9.69 Å². The zero-order valence-electron chi connectivity index (χ0n) is 22.2. The number of para-hydroxylation sites is 1. The third-order valence-corrected chi connectivity index (χ3v) is 7.69. The van der Waals surface area contributed by atoms with Gasteiger partial charge in [0.15, 0.2) is 5.82 Å². The van der Waals surface area contributed by atoms with Crippen LogP contribution in [0.2, 0.25) is 0 Å². The largest absolute Gasteiger partial charge is 0.497 e. The van der Waals surface area contributed by atoms with Gasteiger partial charge < -0.3 is 14.1 Å². The number of nitrogens with one attached hydrogen (secondary N) is 1. The van der Waals surface area contributed by atoms with Crippen LogP contribution in [0.4, 0.5) is 0 Å². The Hall–Kier alpha value is -4.24. The van der Waals surface area contributed by atoms with Crippen molar-refractivity contribution in [2.45, 2.75) is 57.8 Å². The molecule has 1 aliphatic carbocycles. The van der Waals surface area contributed by atoms with Crippen LogP contribution in [0.15, 0.2) is 76.1 Å². The van der Waals surface area contributed by atoms with Crippen molar-refractivity contribution in [3.05, 3.63) is 106 Å². The number of methoxy groups -OCH3 is 1. The molecule has 9 nitrogen and oxygen atoms in total. The van der Waals surface area contributed by atoms with Gasteiger partial charge in [0.25, 0.3) is 5.56 Å². The molecule has 39 heavy (non-hydrogen) atoms. The fourth-order valence-electron chi connectivity index (χ4n) is 5.70. The van der Waals surface area contributed by atoms with Gasteiger partial charge in [0.05, 0.1) is 31.5 Å². The highest BCUT2D eigenvalue weighted by Crippen LogP contribution is 2.35. The average Bonchev–Trinajstić information content (AvgIpc) is 3.74. The molecule has 3 heterocycles. The predicted octanol–water partition coefficient (Wildman–Crippen LogP) is 5.33. The Morgan fingerprint density at radius 1 is 1.10 bits per heavy atom. The fraction of sp³-hybridized carbons (Fsp3) is 0.333. The SMILES string of the molecule is COc1ccc(CN(Cc2ccco2)C(c2cc3cccc(C)c3[nH]c2=O)c2nnnn2C2CCCC2)cc1. The third-order valence-electron chi connectivity index (χ3n) is 7.69. The molecule has 1 N–H and O–H groups in total. The number of aromatic amines is 1. The van der Waals surface area contributed by atoms with Gasteiger partial charge in [-0.15, -0.1) is 5.10 Å². The van der Waals surface area contributed by atoms with Crippen LogP contribution in [0.3, 0.4) is 0 Å². The van der Waals surface area contributed by atoms with E-state index in [0.29, 0.717) is 24.5 Å². The Labute approximate surface area is 226 Å². The Morgan fingerprint density at radius 3 is 2.67 bits per heavy atom. The van der Waals surface area contributed by atoms with Crippen LogP contribution in [0.5, 0.6) is 5.75 Å². The van der Waals surface area contributed by atoms with Crippen molar-refractivity contribution >= 4 is 10.9 Å². The number of ether oxygens (including phenoxy) is 1. The number of hydrogen-bond acceptors (Lipinski definition) is 7. The van der Waals surface area contributed by atoms with Crippen molar-refractivity contribution in [3.8, 4) is 5.75 Å². The van der Waals surface area contributed by atoms with E-state index in [0.717, 1.165) is 59.2 Å². The molecule has 6 rings (SSSR count). The molecule has 1 saturated carbocycles. The Bertz CT molecular complexity index is 1600. The Kier molecular flexibility index (Phi) is 6.98. The number of nitrogens with zero attached hydrogens (tertiary/aromatic N) is 5. The van der Waals surface area contributed by atoms with Crippen molar-refractivity contribution in [1.82, 2.24) is 30.1 Å². The van der Waals surface area contributed by atoms with Crippen LogP contribution < -0.4 is 10.3 Å². The van der Waals surface area contributed by atoms with Gasteiger partial charge >= 0.3 is 0 Å². The van der Waals surface area contributed by atoms with E-state index in [9.17, 15) is 4.79 Å². The third kappa shape index (κ3) is 5.09. The second-order valence-corrected chi connectivity index (χ2v) is 10.2. The lowest BCUT2D eigenvalue weighted by Gasteiger charge is -2.31. The minimum absolute atomic E-state index is 0.151. The van der Waals surface area contributed by atoms with Gasteiger partial charge in [-0.2, -0.15) is 0 Å². The molecule has 9 heteroatoms. The first-order chi connectivity index (χ1) is 19.1. The van der Waals surface area contributed by atoms with Crippen LogP contribution in [0.25, 0.3) is 10.9 Å². The number of hydrogen-bond donors (Lipinski definition) is 1. The van der Waals surface area contributed by atoms with E-state index in [1.807, 2.05) is 72.3 Å². The lowest BCUT2D eigenvalue weighted by Crippen LogP contribution is -2.35. The standard InChI is InChI=1S/C30H32N6O3/c1-20-7-5-8-22-17-26(30(37)31-27(20)22)28(29-32-33-34-36(29)23-9-3-4-10-23)35(19-25-11-6-16-39-25)18-21-12-14-24(38-2)15-13-21/h5-8,11-17,23,28H,3-4,9-10,18-19H2,1-2H3,(H,31,37). The molecule has 0 amide bonds. The topological polar surface area (TPSA) is 102 Å². The summed E-state index contributed by atoms with van der Waals surface area (Å²) < 4.78 is 13.1. The second-order valence-electron chi connectivity index (χ2n) is 10.2. The number of pyridine rings is 1. The number of benzene rings is 2. The summed E-state index contributed by atoms with van der Waals surface area (Å²) in [4.78, 5) is 19.2. The molecule has 0 bridgehead atoms. The maximum Gasteiger partial charge on any atom is 0.253 e. The highest BCUT2D eigenvalue weighted by atomic mass is 16.5. The summed E-state index contributed by atoms with van der Waals surface area (Å²) in [5.41, 5.74) is 3.38. The van der Waals surface area contributed by atoms with Crippen molar-refractivity contribution in [3.63, 3.8) is 0 Å². The zero-order valence-corrected chi connectivity index (χ0v) is 22.2. The highest BCUT2D eigenvalue weighted by Gasteiger charge is 2.34. The summed E-state index contributed by atoms with van der Waals surface area (Å²) in [5.74, 6) is 2.25. The number of aryl methyl sites for hydroxylation is 1. The number of fused-ring (bicyclic) bond motifs is 1. The minimum atomic E-state index is -0.513. The molecule has 1 unspecified atom stereocenters. The van der Waals surface area contributed by atoms with Gasteiger partial charge in [0.1, 0.15) is 17.6 Å². The second kappa shape index (κ2) is 10.9. The van der Waals surface area contributed by atoms with Crippen LogP contribution in [-0.4, -0.2) is 37.2 Å². The van der Waals surface area contributed by atoms with E-state index < -0.39 is 6.04 Å². The molecule has 2 aromatic carbocycles. The minimum Gasteiger partial charge on any atom is -0.497 e. The molecule has 3 aromatic heterocycles. The molecular formula is C30H32N6O3. The van der Waals surface area contributed by atoms with Crippen LogP contribution in [0.1, 0.15) is 66.0 Å². The van der Waals surface area contributed by atoms with Crippen LogP contribution in [0, 0.1) is 6.92 Å². The number of aromatic nitrogens is 5. The van der Waals surface area contributed by atoms with Crippen molar-refractivity contribution < 1.29 is 9.15 Å². The van der Waals surface area contributed by atoms with Gasteiger partial charge in [0.2, 0.25) is 0 Å². The molecule has 0 saturated heterocycles. The van der Waals surface area contributed by atoms with E-state index in [1.54, 1.807) is 13.4 Å². The normalized spacial score (nSPS) is 14.8. The Balaban J connectivity index is 1.52. The van der Waals surface area contributed by atoms with Gasteiger partial charge in [-0.05, 0) is 77.0 Å². The molecule has 1 fully saturated rings. The first-order valence-electron chi connectivity index (χ1n) is 13.4. The molecule has 5 aromatic rings. The lowest BCUT2D eigenvalue weighted by atomic mass is 10.0. The number of tetrazole rings is 1. The monoisotopic (exact) mass is 524 g/mol. The summed E-state index contributed by atoms with van der Waals surface area (Å²) in [6, 6.07) is 19.5. The van der Waals surface area contributed by atoms with E-state index >= 15 is 0 Å². The summed E-state index contributed by atoms with van der Waals surface area (Å²) in [6.45, 7) is 3.01. The maximum absolute atomic E-state index is 13.8. The molecule has 1 atom stereocenters. The average molecular weight is 525 g/mol. The van der Waals surface area contributed by atoms with E-state index in [1.165, 1.54) is 0 Å². The van der Waals surface area contributed by atoms with Crippen LogP contribution in [-0.2, 0) is 13.1 Å². The van der Waals surface area contributed by atoms with Crippen molar-refractivity contribution in [2.75, 3.05) is 7.11 Å². The smallest absolute Gasteiger partial charge is 0.253 e. The van der Waals surface area contributed by atoms with Crippen molar-refractivity contribution in [1.29, 1.82) is 0 Å². The first-order valence-corrected chi connectivity index (χ1v) is 13.4. The molecule has 0 aliphatic heterocycles. The Morgan fingerprint density at radius 2 is 1.92 bits per heavy atom. The molecule has 200 valence electrons. The number of H-pyrrole nitrogens is 1. The fourth-order valence-corrected chi connectivity index (χ4v) is 5.70. The molecule has 0 spiro atoms. The molecule has 0 radical (unpaired) electrons. The van der Waals surface area contributed by atoms with E-state index in [2.05, 4.69) is 25.4 Å². The maximum atomic E-state index is 13.8. The predicted molar refractivity (Wildman–Crippen MR) is 147 cm³/mol. The zero-order chi connectivity index (χ0) is 26.8. The van der Waals surface area contributed by atoms with Crippen LogP contribution >= 0.6 is 0 Å². The number of rotatable bonds is 9. The number of furan rings is 1. The lowest BCUT2D eigenvalue weighted by molar-refractivity contribution is 0.176. The van der Waals surface area contributed by atoms with E-state index in [4.69, 9.17) is 9.15 Å². The summed E-state index contributed by atoms with van der Waals surface area (Å²) >= 11 is 0. The molecule has 1 aliphatic rings. The van der Waals surface area contributed by atoms with Gasteiger partial charge in [-0.1, -0.05) is 43.2 Å². The van der Waals surface area contributed by atoms with E-state index in [-0.39, 0.29) is 11.6 Å².